The van der Waals surface area contributed by atoms with Crippen molar-refractivity contribution in [3.05, 3.63) is 65.4 Å². The van der Waals surface area contributed by atoms with Gasteiger partial charge >= 0.3 is 0 Å². The smallest absolute Gasteiger partial charge is 0.249 e. The van der Waals surface area contributed by atoms with Crippen molar-refractivity contribution >= 4 is 23.1 Å². The van der Waals surface area contributed by atoms with Crippen LogP contribution in [-0.2, 0) is 0 Å². The zero-order valence-corrected chi connectivity index (χ0v) is 13.1. The van der Waals surface area contributed by atoms with Crippen LogP contribution in [0.3, 0.4) is 0 Å². The summed E-state index contributed by atoms with van der Waals surface area (Å²) in [7, 11) is 0. The van der Waals surface area contributed by atoms with E-state index in [9.17, 15) is 8.78 Å². The molecule has 0 spiro atoms. The maximum atomic E-state index is 13.7. The lowest BCUT2D eigenvalue weighted by atomic mass is 10.1. The molecule has 122 valence electrons. The quantitative estimate of drug-likeness (QED) is 0.750. The average Bonchev–Trinajstić information content (AvgIpc) is 2.56. The molecule has 0 radical (unpaired) electrons. The summed E-state index contributed by atoms with van der Waals surface area (Å²) in [5.41, 5.74) is 2.77. The Labute approximate surface area is 137 Å². The summed E-state index contributed by atoms with van der Waals surface area (Å²) in [6, 6.07) is 9.43. The van der Waals surface area contributed by atoms with Crippen LogP contribution in [0.15, 0.2) is 42.6 Å². The van der Waals surface area contributed by atoms with Gasteiger partial charge in [-0.1, -0.05) is 18.2 Å². The fourth-order valence-corrected chi connectivity index (χ4v) is 2.17. The highest BCUT2D eigenvalue weighted by atomic mass is 19.1. The van der Waals surface area contributed by atoms with Crippen LogP contribution >= 0.6 is 0 Å². The van der Waals surface area contributed by atoms with Gasteiger partial charge in [0.25, 0.3) is 0 Å². The first-order valence-electron chi connectivity index (χ1n) is 7.28. The van der Waals surface area contributed by atoms with E-state index in [0.717, 1.165) is 28.9 Å². The minimum absolute atomic E-state index is 0.00527. The molecule has 1 aromatic heterocycles. The third-order valence-electron chi connectivity index (χ3n) is 3.63. The van der Waals surface area contributed by atoms with Crippen LogP contribution < -0.4 is 10.6 Å². The monoisotopic (exact) mass is 327 g/mol. The molecule has 0 saturated heterocycles. The van der Waals surface area contributed by atoms with Gasteiger partial charge in [-0.25, -0.2) is 8.78 Å². The van der Waals surface area contributed by atoms with Gasteiger partial charge in [-0.3, -0.25) is 0 Å². The number of hydrogen-bond acceptors (Lipinski definition) is 5. The fourth-order valence-electron chi connectivity index (χ4n) is 2.17. The van der Waals surface area contributed by atoms with Crippen LogP contribution in [0.25, 0.3) is 0 Å². The number of benzene rings is 2. The van der Waals surface area contributed by atoms with Crippen LogP contribution in [0.4, 0.5) is 31.9 Å². The molecule has 0 aliphatic rings. The van der Waals surface area contributed by atoms with Crippen LogP contribution in [0, 0.1) is 25.5 Å². The van der Waals surface area contributed by atoms with Crippen LogP contribution in [0.1, 0.15) is 11.1 Å². The minimum atomic E-state index is -0.730. The van der Waals surface area contributed by atoms with Gasteiger partial charge in [0.1, 0.15) is 17.3 Å². The second-order valence-corrected chi connectivity index (χ2v) is 5.26. The van der Waals surface area contributed by atoms with Gasteiger partial charge in [0.2, 0.25) is 5.95 Å². The highest BCUT2D eigenvalue weighted by Crippen LogP contribution is 2.24. The fraction of sp³-hybridized carbons (Fsp3) is 0.118. The first-order chi connectivity index (χ1) is 11.5. The third-order valence-corrected chi connectivity index (χ3v) is 3.63. The lowest BCUT2D eigenvalue weighted by Crippen LogP contribution is -2.05. The molecule has 2 aromatic carbocycles. The standard InChI is InChI=1S/C17H15F2N5/c1-10-5-3-8-14(11(10)2)21-15-9-20-24-17(22-15)23-16-12(18)6-4-7-13(16)19/h3-9H,1-2H3,(H2,21,22,23,24). The summed E-state index contributed by atoms with van der Waals surface area (Å²) in [6.45, 7) is 3.99. The molecule has 0 amide bonds. The molecule has 1 heterocycles. The Balaban J connectivity index is 1.86. The Hall–Kier alpha value is -3.09. The number of aromatic nitrogens is 3. The summed E-state index contributed by atoms with van der Waals surface area (Å²) in [5, 5.41) is 13.2. The van der Waals surface area contributed by atoms with Gasteiger partial charge in [-0.05, 0) is 43.2 Å². The second kappa shape index (κ2) is 6.57. The highest BCUT2D eigenvalue weighted by Gasteiger charge is 2.11. The molecular formula is C17H15F2N5. The SMILES string of the molecule is Cc1cccc(Nc2cnnc(Nc3c(F)cccc3F)n2)c1C. The normalized spacial score (nSPS) is 10.5. The Morgan fingerprint density at radius 3 is 2.38 bits per heavy atom. The van der Waals surface area contributed by atoms with E-state index in [1.54, 1.807) is 0 Å². The topological polar surface area (TPSA) is 62.7 Å². The Morgan fingerprint density at radius 2 is 1.62 bits per heavy atom. The number of para-hydroxylation sites is 1. The second-order valence-electron chi connectivity index (χ2n) is 5.26. The van der Waals surface area contributed by atoms with Gasteiger partial charge < -0.3 is 10.6 Å². The average molecular weight is 327 g/mol. The molecule has 3 aromatic rings. The van der Waals surface area contributed by atoms with E-state index < -0.39 is 11.6 Å². The molecule has 0 saturated carbocycles. The predicted molar refractivity (Wildman–Crippen MR) is 88.7 cm³/mol. The minimum Gasteiger partial charge on any atom is -0.339 e. The molecule has 0 aliphatic heterocycles. The molecular weight excluding hydrogens is 312 g/mol. The molecule has 24 heavy (non-hydrogen) atoms. The lowest BCUT2D eigenvalue weighted by molar-refractivity contribution is 0.590. The van der Waals surface area contributed by atoms with Gasteiger partial charge in [-0.15, -0.1) is 5.10 Å². The van der Waals surface area contributed by atoms with Crippen molar-refractivity contribution in [3.8, 4) is 0 Å². The van der Waals surface area contributed by atoms with E-state index in [-0.39, 0.29) is 11.6 Å². The Morgan fingerprint density at radius 1 is 0.917 bits per heavy atom. The number of anilines is 4. The van der Waals surface area contributed by atoms with Crippen molar-refractivity contribution in [1.82, 2.24) is 15.2 Å². The third kappa shape index (κ3) is 3.29. The maximum Gasteiger partial charge on any atom is 0.249 e. The molecule has 3 rings (SSSR count). The first-order valence-corrected chi connectivity index (χ1v) is 7.28. The van der Waals surface area contributed by atoms with Crippen molar-refractivity contribution in [2.24, 2.45) is 0 Å². The van der Waals surface area contributed by atoms with Gasteiger partial charge in [0.15, 0.2) is 5.82 Å². The van der Waals surface area contributed by atoms with Crippen LogP contribution in [0.2, 0.25) is 0 Å². The number of nitrogens with one attached hydrogen (secondary N) is 2. The number of rotatable bonds is 4. The van der Waals surface area contributed by atoms with Gasteiger partial charge in [-0.2, -0.15) is 10.1 Å². The molecule has 2 N–H and O–H groups in total. The summed E-state index contributed by atoms with van der Waals surface area (Å²) in [5.74, 6) is -1.05. The summed E-state index contributed by atoms with van der Waals surface area (Å²) in [6.07, 6.45) is 1.44. The zero-order chi connectivity index (χ0) is 17.1. The van der Waals surface area contributed by atoms with E-state index in [1.165, 1.54) is 12.3 Å². The molecule has 0 atom stereocenters. The first kappa shape index (κ1) is 15.8. The zero-order valence-electron chi connectivity index (χ0n) is 13.1. The molecule has 0 fully saturated rings. The number of hydrogen-bond donors (Lipinski definition) is 2. The van der Waals surface area contributed by atoms with E-state index in [2.05, 4.69) is 25.8 Å². The Kier molecular flexibility index (Phi) is 4.33. The van der Waals surface area contributed by atoms with E-state index in [4.69, 9.17) is 0 Å². The molecule has 0 unspecified atom stereocenters. The predicted octanol–water partition coefficient (Wildman–Crippen LogP) is 4.25. The van der Waals surface area contributed by atoms with E-state index >= 15 is 0 Å². The summed E-state index contributed by atoms with van der Waals surface area (Å²) in [4.78, 5) is 4.19. The van der Waals surface area contributed by atoms with Crippen molar-refractivity contribution in [2.45, 2.75) is 13.8 Å². The molecule has 5 nitrogen and oxygen atoms in total. The van der Waals surface area contributed by atoms with E-state index in [1.807, 2.05) is 32.0 Å². The number of halogens is 2. The summed E-state index contributed by atoms with van der Waals surface area (Å²) >= 11 is 0. The van der Waals surface area contributed by atoms with Crippen molar-refractivity contribution in [2.75, 3.05) is 10.6 Å². The molecule has 0 bridgehead atoms. The van der Waals surface area contributed by atoms with Crippen molar-refractivity contribution in [1.29, 1.82) is 0 Å². The maximum absolute atomic E-state index is 13.7. The van der Waals surface area contributed by atoms with Gasteiger partial charge in [0, 0.05) is 5.69 Å². The van der Waals surface area contributed by atoms with Crippen LogP contribution in [-0.4, -0.2) is 15.2 Å². The molecule has 0 aliphatic carbocycles. The van der Waals surface area contributed by atoms with E-state index in [0.29, 0.717) is 5.82 Å². The van der Waals surface area contributed by atoms with Crippen molar-refractivity contribution in [3.63, 3.8) is 0 Å². The van der Waals surface area contributed by atoms with Gasteiger partial charge in [0.05, 0.1) is 6.20 Å². The summed E-state index contributed by atoms with van der Waals surface area (Å²) < 4.78 is 27.4. The van der Waals surface area contributed by atoms with Crippen LogP contribution in [0.5, 0.6) is 0 Å². The lowest BCUT2D eigenvalue weighted by Gasteiger charge is -2.11. The number of aryl methyl sites for hydroxylation is 1. The largest absolute Gasteiger partial charge is 0.339 e. The molecule has 7 heteroatoms. The Bertz CT molecular complexity index is 862. The number of nitrogens with zero attached hydrogens (tertiary/aromatic N) is 3. The highest BCUT2D eigenvalue weighted by molar-refractivity contribution is 5.63. The van der Waals surface area contributed by atoms with Crippen molar-refractivity contribution < 1.29 is 8.78 Å².